The van der Waals surface area contributed by atoms with Crippen LogP contribution in [0.15, 0.2) is 11.3 Å². The molecule has 9 heteroatoms. The van der Waals surface area contributed by atoms with Gasteiger partial charge in [0.15, 0.2) is 0 Å². The van der Waals surface area contributed by atoms with Crippen molar-refractivity contribution in [2.75, 3.05) is 19.0 Å². The summed E-state index contributed by atoms with van der Waals surface area (Å²) < 4.78 is 10.4. The first-order chi connectivity index (χ1) is 13.0. The molecule has 2 aliphatic rings. The van der Waals surface area contributed by atoms with Crippen molar-refractivity contribution in [3.63, 3.8) is 0 Å². The molecule has 0 spiro atoms. The molecule has 0 aromatic heterocycles. The van der Waals surface area contributed by atoms with Gasteiger partial charge in [0.25, 0.3) is 0 Å². The average Bonchev–Trinajstić information content (AvgIpc) is 3.16. The van der Waals surface area contributed by atoms with Crippen molar-refractivity contribution in [1.82, 2.24) is 10.6 Å². The number of esters is 2. The Labute approximate surface area is 168 Å². The summed E-state index contributed by atoms with van der Waals surface area (Å²) in [5.41, 5.74) is 0.624. The van der Waals surface area contributed by atoms with Gasteiger partial charge in [-0.25, -0.2) is 9.59 Å². The highest BCUT2D eigenvalue weighted by Crippen LogP contribution is 2.39. The van der Waals surface area contributed by atoms with Crippen LogP contribution in [-0.4, -0.2) is 48.2 Å². The van der Waals surface area contributed by atoms with Gasteiger partial charge in [-0.15, -0.1) is 0 Å². The number of hydrogen-bond donors (Lipinski definition) is 2. The Kier molecular flexibility index (Phi) is 9.33. The highest BCUT2D eigenvalue weighted by Gasteiger charge is 2.31. The van der Waals surface area contributed by atoms with Crippen LogP contribution in [0.1, 0.15) is 52.4 Å². The smallest absolute Gasteiger partial charge is 0.338 e. The van der Waals surface area contributed by atoms with Crippen molar-refractivity contribution in [3.8, 4) is 0 Å². The first-order valence-electron chi connectivity index (χ1n) is 9.46. The number of unbranched alkanes of at least 4 members (excludes halogenated alkanes) is 1. The van der Waals surface area contributed by atoms with Crippen LogP contribution in [0.2, 0.25) is 0 Å². The number of carbonyl (C=O) groups is 3. The van der Waals surface area contributed by atoms with E-state index in [9.17, 15) is 14.4 Å². The summed E-state index contributed by atoms with van der Waals surface area (Å²) in [7, 11) is 3.87. The molecule has 0 aromatic rings. The Bertz CT molecular complexity index is 576. The van der Waals surface area contributed by atoms with Gasteiger partial charge in [0.05, 0.1) is 23.9 Å². The van der Waals surface area contributed by atoms with E-state index < -0.39 is 18.0 Å². The van der Waals surface area contributed by atoms with Gasteiger partial charge in [0.2, 0.25) is 0 Å². The van der Waals surface area contributed by atoms with Gasteiger partial charge in [0.1, 0.15) is 6.61 Å². The van der Waals surface area contributed by atoms with E-state index in [1.807, 2.05) is 28.5 Å². The van der Waals surface area contributed by atoms with Crippen LogP contribution in [0.5, 0.6) is 0 Å². The molecule has 1 saturated heterocycles. The average molecular weight is 417 g/mol. The van der Waals surface area contributed by atoms with Crippen LogP contribution in [0.4, 0.5) is 4.79 Å². The fourth-order valence-electron chi connectivity index (χ4n) is 3.01. The van der Waals surface area contributed by atoms with E-state index in [1.54, 1.807) is 6.92 Å². The molecule has 0 bridgehead atoms. The Hall–Kier alpha value is -1.35. The van der Waals surface area contributed by atoms with Crippen LogP contribution >= 0.6 is 21.6 Å². The third-order valence-corrected chi connectivity index (χ3v) is 7.42. The van der Waals surface area contributed by atoms with Gasteiger partial charge < -0.3 is 20.1 Å². The molecule has 2 heterocycles. The fraction of sp³-hybridized carbons (Fsp3) is 0.722. The lowest BCUT2D eigenvalue weighted by molar-refractivity contribution is -0.143. The zero-order chi connectivity index (χ0) is 19.6. The third-order valence-electron chi connectivity index (χ3n) is 4.41. The molecule has 2 aliphatic heterocycles. The van der Waals surface area contributed by atoms with Crippen molar-refractivity contribution in [2.45, 2.75) is 63.7 Å². The maximum absolute atomic E-state index is 12.3. The van der Waals surface area contributed by atoms with Gasteiger partial charge in [-0.05, 0) is 32.6 Å². The third kappa shape index (κ3) is 6.95. The van der Waals surface area contributed by atoms with E-state index in [2.05, 4.69) is 10.6 Å². The fourth-order valence-corrected chi connectivity index (χ4v) is 6.03. The molecule has 0 aliphatic carbocycles. The second-order valence-electron chi connectivity index (χ2n) is 6.41. The van der Waals surface area contributed by atoms with Crippen molar-refractivity contribution >= 4 is 39.6 Å². The molecular weight excluding hydrogens is 388 g/mol. The summed E-state index contributed by atoms with van der Waals surface area (Å²) in [6.45, 7) is 3.68. The summed E-state index contributed by atoms with van der Waals surface area (Å²) in [6.07, 6.45) is 5.05. The lowest BCUT2D eigenvalue weighted by atomic mass is 10.0. The maximum atomic E-state index is 12.3. The number of rotatable bonds is 10. The summed E-state index contributed by atoms with van der Waals surface area (Å²) in [5.74, 6) is 0.393. The minimum absolute atomic E-state index is 0.133. The van der Waals surface area contributed by atoms with Crippen molar-refractivity contribution in [3.05, 3.63) is 11.3 Å². The molecule has 2 atom stereocenters. The van der Waals surface area contributed by atoms with E-state index in [0.717, 1.165) is 19.3 Å². The molecule has 2 rings (SSSR count). The number of hydrogen-bond acceptors (Lipinski definition) is 7. The van der Waals surface area contributed by atoms with Crippen LogP contribution in [0, 0.1) is 0 Å². The second kappa shape index (κ2) is 11.5. The molecule has 0 saturated carbocycles. The largest absolute Gasteiger partial charge is 0.463 e. The lowest BCUT2D eigenvalue weighted by Gasteiger charge is -2.28. The molecule has 27 heavy (non-hydrogen) atoms. The van der Waals surface area contributed by atoms with E-state index >= 15 is 0 Å². The van der Waals surface area contributed by atoms with Gasteiger partial charge in [-0.2, -0.15) is 0 Å². The van der Waals surface area contributed by atoms with Crippen molar-refractivity contribution < 1.29 is 23.9 Å². The standard InChI is InChI=1S/C18H28N2O5S2/c1-3-13-16(17(22)24-4-2)14(20-18(23)19-13)11-25-15(21)8-6-5-7-12-9-10-26-27-12/h12-13H,3-11H2,1-2H3,(H2,19,20,23)/t12-,13+/m0/s1. The normalized spacial score (nSPS) is 22.2. The van der Waals surface area contributed by atoms with Crippen LogP contribution in [0.3, 0.4) is 0 Å². The van der Waals surface area contributed by atoms with Gasteiger partial charge >= 0.3 is 18.0 Å². The first-order valence-corrected chi connectivity index (χ1v) is 11.8. The minimum Gasteiger partial charge on any atom is -0.463 e. The Morgan fingerprint density at radius 1 is 1.22 bits per heavy atom. The maximum Gasteiger partial charge on any atom is 0.338 e. The molecular formula is C18H28N2O5S2. The molecule has 2 amide bonds. The van der Waals surface area contributed by atoms with Crippen LogP contribution in [-0.2, 0) is 19.1 Å². The minimum atomic E-state index is -0.505. The van der Waals surface area contributed by atoms with E-state index in [0.29, 0.717) is 29.4 Å². The molecule has 0 aromatic carbocycles. The number of amides is 2. The van der Waals surface area contributed by atoms with E-state index in [1.165, 1.54) is 12.2 Å². The highest BCUT2D eigenvalue weighted by molar-refractivity contribution is 8.77. The van der Waals surface area contributed by atoms with Gasteiger partial charge in [-0.3, -0.25) is 4.79 Å². The predicted octanol–water partition coefficient (Wildman–Crippen LogP) is 3.15. The predicted molar refractivity (Wildman–Crippen MR) is 107 cm³/mol. The Morgan fingerprint density at radius 2 is 2.04 bits per heavy atom. The summed E-state index contributed by atoms with van der Waals surface area (Å²) in [4.78, 5) is 36.1. The number of nitrogens with one attached hydrogen (secondary N) is 2. The second-order valence-corrected chi connectivity index (χ2v) is 9.19. The van der Waals surface area contributed by atoms with E-state index in [4.69, 9.17) is 9.47 Å². The lowest BCUT2D eigenvalue weighted by Crippen LogP contribution is -2.51. The molecule has 7 nitrogen and oxygen atoms in total. The van der Waals surface area contributed by atoms with Crippen LogP contribution < -0.4 is 10.6 Å². The first kappa shape index (κ1) is 21.9. The Balaban J connectivity index is 1.84. The van der Waals surface area contributed by atoms with Crippen LogP contribution in [0.25, 0.3) is 0 Å². The summed E-state index contributed by atoms with van der Waals surface area (Å²) in [6, 6.07) is -0.860. The summed E-state index contributed by atoms with van der Waals surface area (Å²) >= 11 is 0. The van der Waals surface area contributed by atoms with E-state index in [-0.39, 0.29) is 19.2 Å². The number of urea groups is 1. The quantitative estimate of drug-likeness (QED) is 0.321. The number of carbonyl (C=O) groups excluding carboxylic acids is 3. The Morgan fingerprint density at radius 3 is 2.70 bits per heavy atom. The highest BCUT2D eigenvalue weighted by atomic mass is 33.1. The SMILES string of the molecule is CCOC(=O)C1=C(COC(=O)CCCC[C@H]2CCSS2)NC(=O)N[C@@H]1CC. The molecule has 0 radical (unpaired) electrons. The zero-order valence-corrected chi connectivity index (χ0v) is 17.5. The van der Waals surface area contributed by atoms with Crippen molar-refractivity contribution in [1.29, 1.82) is 0 Å². The van der Waals surface area contributed by atoms with Crippen molar-refractivity contribution in [2.24, 2.45) is 0 Å². The number of ether oxygens (including phenoxy) is 2. The van der Waals surface area contributed by atoms with Gasteiger partial charge in [0, 0.05) is 17.4 Å². The zero-order valence-electron chi connectivity index (χ0n) is 15.9. The topological polar surface area (TPSA) is 93.7 Å². The molecule has 1 fully saturated rings. The molecule has 152 valence electrons. The van der Waals surface area contributed by atoms with Gasteiger partial charge in [-0.1, -0.05) is 34.9 Å². The molecule has 2 N–H and O–H groups in total. The molecule has 0 unspecified atom stereocenters. The summed E-state index contributed by atoms with van der Waals surface area (Å²) in [5, 5.41) is 5.97. The monoisotopic (exact) mass is 416 g/mol.